The van der Waals surface area contributed by atoms with Gasteiger partial charge in [0.1, 0.15) is 11.6 Å². The molecule has 0 aliphatic carbocycles. The van der Waals surface area contributed by atoms with Gasteiger partial charge in [-0.05, 0) is 38.3 Å². The van der Waals surface area contributed by atoms with E-state index in [0.717, 1.165) is 25.9 Å². The zero-order valence-corrected chi connectivity index (χ0v) is 16.4. The lowest BCUT2D eigenvalue weighted by Gasteiger charge is -2.16. The number of rotatable bonds is 8. The molecule has 1 aliphatic rings. The van der Waals surface area contributed by atoms with E-state index in [1.54, 1.807) is 12.1 Å². The molecule has 2 heterocycles. The van der Waals surface area contributed by atoms with Crippen molar-refractivity contribution >= 4 is 11.8 Å². The van der Waals surface area contributed by atoms with Crippen LogP contribution in [0, 0.1) is 0 Å². The lowest BCUT2D eigenvalue weighted by molar-refractivity contribution is -0.274. The largest absolute Gasteiger partial charge is 0.573 e. The summed E-state index contributed by atoms with van der Waals surface area (Å²) < 4.78 is 47.3. The van der Waals surface area contributed by atoms with Crippen molar-refractivity contribution in [1.82, 2.24) is 9.97 Å². The quantitative estimate of drug-likeness (QED) is 0.649. The fourth-order valence-electron chi connectivity index (χ4n) is 2.95. The molecule has 0 spiro atoms. The molecule has 2 aromatic rings. The van der Waals surface area contributed by atoms with Gasteiger partial charge in [0, 0.05) is 30.8 Å². The molecule has 1 aromatic carbocycles. The molecular weight excluding hydrogens is 385 g/mol. The van der Waals surface area contributed by atoms with Gasteiger partial charge in [0.05, 0.1) is 11.8 Å². The zero-order valence-electron chi connectivity index (χ0n) is 16.4. The molecule has 1 saturated heterocycles. The van der Waals surface area contributed by atoms with E-state index in [1.165, 1.54) is 18.2 Å². The topological polar surface area (TPSA) is 68.3 Å². The predicted octanol–water partition coefficient (Wildman–Crippen LogP) is 4.84. The maximum atomic E-state index is 12.6. The number of alkyl halides is 3. The molecule has 1 aliphatic heterocycles. The predicted molar refractivity (Wildman–Crippen MR) is 105 cm³/mol. The van der Waals surface area contributed by atoms with Crippen LogP contribution in [0.2, 0.25) is 0 Å². The number of hydrogen-bond donors (Lipinski definition) is 2. The summed E-state index contributed by atoms with van der Waals surface area (Å²) in [6, 6.07) is 7.61. The Kier molecular flexibility index (Phi) is 6.79. The third kappa shape index (κ3) is 6.49. The Morgan fingerprint density at radius 3 is 2.79 bits per heavy atom. The molecule has 0 unspecified atom stereocenters. The number of hydrogen-bond acceptors (Lipinski definition) is 6. The van der Waals surface area contributed by atoms with Crippen LogP contribution in [0.4, 0.5) is 24.9 Å². The minimum absolute atomic E-state index is 0.128. The molecule has 2 atom stereocenters. The van der Waals surface area contributed by atoms with Gasteiger partial charge in [0.25, 0.3) is 0 Å². The highest BCUT2D eigenvalue weighted by molar-refractivity contribution is 5.66. The first-order valence-electron chi connectivity index (χ1n) is 9.69. The van der Waals surface area contributed by atoms with Crippen LogP contribution in [0.5, 0.6) is 5.75 Å². The average molecular weight is 410 g/mol. The Bertz CT molecular complexity index is 811. The van der Waals surface area contributed by atoms with Gasteiger partial charge in [-0.1, -0.05) is 19.1 Å². The minimum Gasteiger partial charge on any atom is -0.406 e. The number of aromatic nitrogens is 2. The second-order valence-electron chi connectivity index (χ2n) is 7.01. The summed E-state index contributed by atoms with van der Waals surface area (Å²) in [6.07, 6.45) is -1.72. The second kappa shape index (κ2) is 9.30. The van der Waals surface area contributed by atoms with Gasteiger partial charge in [-0.15, -0.1) is 13.2 Å². The Morgan fingerprint density at radius 2 is 2.10 bits per heavy atom. The molecule has 0 bridgehead atoms. The van der Waals surface area contributed by atoms with Gasteiger partial charge < -0.3 is 20.1 Å². The summed E-state index contributed by atoms with van der Waals surface area (Å²) in [4.78, 5) is 8.97. The van der Waals surface area contributed by atoms with Crippen molar-refractivity contribution < 1.29 is 22.6 Å². The first kappa shape index (κ1) is 21.2. The molecule has 1 aromatic heterocycles. The molecule has 2 N–H and O–H groups in total. The van der Waals surface area contributed by atoms with Crippen molar-refractivity contribution in [3.05, 3.63) is 30.3 Å². The van der Waals surface area contributed by atoms with E-state index in [1.807, 2.05) is 13.8 Å². The number of ether oxygens (including phenoxy) is 2. The highest BCUT2D eigenvalue weighted by Gasteiger charge is 2.31. The van der Waals surface area contributed by atoms with E-state index in [4.69, 9.17) is 4.74 Å². The summed E-state index contributed by atoms with van der Waals surface area (Å²) in [6.45, 7) is 5.41. The molecule has 9 heteroatoms. The molecule has 158 valence electrons. The van der Waals surface area contributed by atoms with Gasteiger partial charge in [-0.25, -0.2) is 4.98 Å². The van der Waals surface area contributed by atoms with Crippen molar-refractivity contribution in [1.29, 1.82) is 0 Å². The fraction of sp³-hybridized carbons (Fsp3) is 0.500. The summed E-state index contributed by atoms with van der Waals surface area (Å²) in [5.41, 5.74) is 0.995. The Morgan fingerprint density at radius 1 is 1.28 bits per heavy atom. The molecule has 0 amide bonds. The summed E-state index contributed by atoms with van der Waals surface area (Å²) in [5.74, 6) is 0.700. The van der Waals surface area contributed by atoms with Crippen molar-refractivity contribution in [3.8, 4) is 17.0 Å². The molecule has 0 saturated carbocycles. The van der Waals surface area contributed by atoms with Crippen LogP contribution in [0.25, 0.3) is 11.3 Å². The van der Waals surface area contributed by atoms with Crippen LogP contribution in [0.3, 0.4) is 0 Å². The molecular formula is C20H25F3N4O2. The van der Waals surface area contributed by atoms with Crippen LogP contribution < -0.4 is 15.4 Å². The van der Waals surface area contributed by atoms with Crippen molar-refractivity contribution in [2.75, 3.05) is 23.8 Å². The maximum absolute atomic E-state index is 12.6. The van der Waals surface area contributed by atoms with Crippen LogP contribution >= 0.6 is 0 Å². The molecule has 3 rings (SSSR count). The monoisotopic (exact) mass is 410 g/mol. The van der Waals surface area contributed by atoms with Crippen molar-refractivity contribution in [3.63, 3.8) is 0 Å². The number of benzene rings is 1. The van der Waals surface area contributed by atoms with Crippen LogP contribution in [0.1, 0.15) is 33.1 Å². The molecule has 1 fully saturated rings. The standard InChI is InChI=1S/C20H25F3N4O2/c1-3-13(2)25-19-26-17(11-18(27-19)24-12-16-8-5-9-28-16)14-6-4-7-15(10-14)29-20(21,22)23/h4,6-7,10-11,13,16H,3,5,8-9,12H2,1-2H3,(H2,24,25,26,27)/t13-,16-/m0/s1. The summed E-state index contributed by atoms with van der Waals surface area (Å²) >= 11 is 0. The molecule has 0 radical (unpaired) electrons. The lowest BCUT2D eigenvalue weighted by atomic mass is 10.1. The van der Waals surface area contributed by atoms with E-state index in [-0.39, 0.29) is 17.9 Å². The highest BCUT2D eigenvalue weighted by atomic mass is 19.4. The van der Waals surface area contributed by atoms with Gasteiger partial charge in [0.15, 0.2) is 0 Å². The summed E-state index contributed by atoms with van der Waals surface area (Å²) in [7, 11) is 0. The zero-order chi connectivity index (χ0) is 20.9. The van der Waals surface area contributed by atoms with Crippen molar-refractivity contribution in [2.45, 2.75) is 51.6 Å². The lowest BCUT2D eigenvalue weighted by Crippen LogP contribution is -2.20. The van der Waals surface area contributed by atoms with Gasteiger partial charge >= 0.3 is 6.36 Å². The van der Waals surface area contributed by atoms with E-state index in [2.05, 4.69) is 25.3 Å². The van der Waals surface area contributed by atoms with E-state index in [9.17, 15) is 13.2 Å². The first-order valence-corrected chi connectivity index (χ1v) is 9.69. The first-order chi connectivity index (χ1) is 13.8. The van der Waals surface area contributed by atoms with Crippen molar-refractivity contribution in [2.24, 2.45) is 0 Å². The second-order valence-corrected chi connectivity index (χ2v) is 7.01. The Labute approximate surface area is 167 Å². The van der Waals surface area contributed by atoms with Crippen LogP contribution in [-0.2, 0) is 4.74 Å². The van der Waals surface area contributed by atoms with Crippen LogP contribution in [-0.4, -0.2) is 41.6 Å². The number of anilines is 2. The third-order valence-electron chi connectivity index (χ3n) is 4.61. The van der Waals surface area contributed by atoms with Crippen LogP contribution in [0.15, 0.2) is 30.3 Å². The fourth-order valence-corrected chi connectivity index (χ4v) is 2.95. The van der Waals surface area contributed by atoms with E-state index < -0.39 is 6.36 Å². The minimum atomic E-state index is -4.75. The smallest absolute Gasteiger partial charge is 0.406 e. The normalized spacial score (nSPS) is 17.8. The number of nitrogens with zero attached hydrogens (tertiary/aromatic N) is 2. The van der Waals surface area contributed by atoms with Gasteiger partial charge in [-0.2, -0.15) is 4.98 Å². The Hall–Kier alpha value is -2.55. The van der Waals surface area contributed by atoms with Gasteiger partial charge in [0.2, 0.25) is 5.95 Å². The van der Waals surface area contributed by atoms with Gasteiger partial charge in [-0.3, -0.25) is 0 Å². The summed E-state index contributed by atoms with van der Waals surface area (Å²) in [5, 5.41) is 6.47. The number of nitrogens with one attached hydrogen (secondary N) is 2. The molecule has 6 nitrogen and oxygen atoms in total. The van der Waals surface area contributed by atoms with E-state index in [0.29, 0.717) is 29.6 Å². The maximum Gasteiger partial charge on any atom is 0.573 e. The SMILES string of the molecule is CC[C@H](C)Nc1nc(NC[C@@H]2CCCO2)cc(-c2cccc(OC(F)(F)F)c2)n1. The van der Waals surface area contributed by atoms with E-state index >= 15 is 0 Å². The average Bonchev–Trinajstić information content (AvgIpc) is 3.18. The number of halogens is 3. The highest BCUT2D eigenvalue weighted by Crippen LogP contribution is 2.29. The Balaban J connectivity index is 1.86. The molecule has 29 heavy (non-hydrogen) atoms. The third-order valence-corrected chi connectivity index (χ3v) is 4.61.